The van der Waals surface area contributed by atoms with Gasteiger partial charge in [-0.15, -0.1) is 0 Å². The summed E-state index contributed by atoms with van der Waals surface area (Å²) < 4.78 is 7.50. The molecule has 1 aromatic carbocycles. The number of aliphatic hydroxyl groups excluding tert-OH is 1. The molecule has 0 fully saturated rings. The second kappa shape index (κ2) is 6.33. The highest BCUT2D eigenvalue weighted by Gasteiger charge is 2.21. The normalized spacial score (nSPS) is 16.6. The highest BCUT2D eigenvalue weighted by Crippen LogP contribution is 2.35. The molecule has 0 aliphatic heterocycles. The molecule has 0 saturated carbocycles. The van der Waals surface area contributed by atoms with Crippen molar-refractivity contribution in [2.75, 3.05) is 0 Å². The van der Waals surface area contributed by atoms with Crippen LogP contribution in [0, 0.1) is 6.92 Å². The number of benzene rings is 1. The fourth-order valence-electron chi connectivity index (χ4n) is 3.46. The zero-order chi connectivity index (χ0) is 17.4. The minimum atomic E-state index is -0.418. The topological polar surface area (TPSA) is 63.8 Å². The minimum absolute atomic E-state index is 0.113. The monoisotopic (exact) mass is 336 g/mol. The summed E-state index contributed by atoms with van der Waals surface area (Å²) >= 11 is 0. The van der Waals surface area contributed by atoms with Crippen molar-refractivity contribution in [2.45, 2.75) is 38.9 Å². The number of hydrogen-bond acceptors (Lipinski definition) is 4. The maximum Gasteiger partial charge on any atom is 0.258 e. The van der Waals surface area contributed by atoms with Gasteiger partial charge in [0.25, 0.3) is 5.56 Å². The smallest absolute Gasteiger partial charge is 0.258 e. The van der Waals surface area contributed by atoms with E-state index < -0.39 is 6.10 Å². The van der Waals surface area contributed by atoms with Crippen LogP contribution in [0.1, 0.15) is 41.3 Å². The lowest BCUT2D eigenvalue weighted by Crippen LogP contribution is -2.17. The Hall–Kier alpha value is -2.66. The number of ether oxygens (including phenoxy) is 1. The number of rotatable bonds is 3. The molecule has 1 aliphatic carbocycles. The molecular weight excluding hydrogens is 316 g/mol. The Morgan fingerprint density at radius 2 is 2.20 bits per heavy atom. The van der Waals surface area contributed by atoms with Crippen LogP contribution in [0.5, 0.6) is 5.75 Å². The molecule has 0 spiro atoms. The van der Waals surface area contributed by atoms with Crippen LogP contribution in [0.2, 0.25) is 0 Å². The lowest BCUT2D eigenvalue weighted by Gasteiger charge is -2.23. The minimum Gasteiger partial charge on any atom is -0.487 e. The summed E-state index contributed by atoms with van der Waals surface area (Å²) in [5, 5.41) is 10.1. The number of aromatic nitrogens is 2. The first-order valence-electron chi connectivity index (χ1n) is 8.54. The Morgan fingerprint density at radius 1 is 1.32 bits per heavy atom. The van der Waals surface area contributed by atoms with Crippen molar-refractivity contribution < 1.29 is 9.84 Å². The lowest BCUT2D eigenvalue weighted by atomic mass is 9.89. The van der Waals surface area contributed by atoms with E-state index in [0.717, 1.165) is 41.7 Å². The molecule has 5 heteroatoms. The van der Waals surface area contributed by atoms with E-state index in [-0.39, 0.29) is 12.2 Å². The molecule has 1 aliphatic rings. The van der Waals surface area contributed by atoms with Gasteiger partial charge in [0.1, 0.15) is 18.0 Å². The van der Waals surface area contributed by atoms with Crippen LogP contribution < -0.4 is 10.3 Å². The summed E-state index contributed by atoms with van der Waals surface area (Å²) in [7, 11) is 0. The highest BCUT2D eigenvalue weighted by molar-refractivity contribution is 5.47. The molecule has 128 valence electrons. The van der Waals surface area contributed by atoms with E-state index in [1.54, 1.807) is 10.6 Å². The van der Waals surface area contributed by atoms with Gasteiger partial charge in [0, 0.05) is 12.3 Å². The largest absolute Gasteiger partial charge is 0.487 e. The molecule has 0 bridgehead atoms. The van der Waals surface area contributed by atoms with Crippen LogP contribution in [0.25, 0.3) is 5.65 Å². The first kappa shape index (κ1) is 15.8. The second-order valence-electron chi connectivity index (χ2n) is 6.49. The van der Waals surface area contributed by atoms with Crippen LogP contribution in [-0.4, -0.2) is 14.5 Å². The van der Waals surface area contributed by atoms with Crippen molar-refractivity contribution >= 4 is 5.65 Å². The molecule has 2 aromatic heterocycles. The molecule has 1 N–H and O–H groups in total. The first-order chi connectivity index (χ1) is 12.1. The van der Waals surface area contributed by atoms with E-state index in [2.05, 4.69) is 4.98 Å². The van der Waals surface area contributed by atoms with E-state index in [4.69, 9.17) is 4.74 Å². The van der Waals surface area contributed by atoms with E-state index in [0.29, 0.717) is 11.3 Å². The maximum absolute atomic E-state index is 12.3. The van der Waals surface area contributed by atoms with Crippen molar-refractivity contribution in [1.29, 1.82) is 0 Å². The van der Waals surface area contributed by atoms with Gasteiger partial charge in [0.05, 0.1) is 11.8 Å². The van der Waals surface area contributed by atoms with E-state index in [9.17, 15) is 9.90 Å². The van der Waals surface area contributed by atoms with Gasteiger partial charge in [0.2, 0.25) is 0 Å². The van der Waals surface area contributed by atoms with Gasteiger partial charge in [-0.05, 0) is 55.0 Å². The SMILES string of the molecule is Cc1cccn2c(=O)cc(COc3cccc4c3CCC[C@H]4O)nc12. The van der Waals surface area contributed by atoms with Crippen molar-refractivity contribution in [3.05, 3.63) is 75.3 Å². The molecule has 0 unspecified atom stereocenters. The van der Waals surface area contributed by atoms with Crippen LogP contribution in [0.4, 0.5) is 0 Å². The third-order valence-corrected chi connectivity index (χ3v) is 4.75. The lowest BCUT2D eigenvalue weighted by molar-refractivity contribution is 0.155. The summed E-state index contributed by atoms with van der Waals surface area (Å²) in [6.45, 7) is 2.16. The number of fused-ring (bicyclic) bond motifs is 2. The summed E-state index contributed by atoms with van der Waals surface area (Å²) in [5.74, 6) is 0.767. The molecule has 4 rings (SSSR count). The summed E-state index contributed by atoms with van der Waals surface area (Å²) in [6.07, 6.45) is 3.94. The van der Waals surface area contributed by atoms with Crippen LogP contribution in [0.15, 0.2) is 47.4 Å². The third-order valence-electron chi connectivity index (χ3n) is 4.75. The standard InChI is InChI=1S/C20H20N2O3/c1-13-5-4-10-22-19(24)11-14(21-20(13)22)12-25-18-9-3-6-15-16(18)7-2-8-17(15)23/h3-6,9-11,17,23H,2,7-8,12H2,1H3/t17-/m1/s1. The van der Waals surface area contributed by atoms with Crippen molar-refractivity contribution in [2.24, 2.45) is 0 Å². The molecule has 0 amide bonds. The number of nitrogens with zero attached hydrogens (tertiary/aromatic N) is 2. The van der Waals surface area contributed by atoms with Gasteiger partial charge in [-0.1, -0.05) is 18.2 Å². The number of pyridine rings is 1. The van der Waals surface area contributed by atoms with E-state index >= 15 is 0 Å². The van der Waals surface area contributed by atoms with Crippen LogP contribution in [-0.2, 0) is 13.0 Å². The molecule has 2 heterocycles. The first-order valence-corrected chi connectivity index (χ1v) is 8.54. The van der Waals surface area contributed by atoms with Crippen molar-refractivity contribution in [1.82, 2.24) is 9.38 Å². The number of hydrogen-bond donors (Lipinski definition) is 1. The summed E-state index contributed by atoms with van der Waals surface area (Å²) in [4.78, 5) is 16.8. The van der Waals surface area contributed by atoms with E-state index in [1.165, 1.54) is 6.07 Å². The van der Waals surface area contributed by atoms with E-state index in [1.807, 2.05) is 37.3 Å². The fraction of sp³-hybridized carbons (Fsp3) is 0.300. The Morgan fingerprint density at radius 3 is 3.08 bits per heavy atom. The van der Waals surface area contributed by atoms with Gasteiger partial charge >= 0.3 is 0 Å². The predicted molar refractivity (Wildman–Crippen MR) is 94.9 cm³/mol. The maximum atomic E-state index is 12.3. The average Bonchev–Trinajstić information content (AvgIpc) is 2.61. The third kappa shape index (κ3) is 2.91. The second-order valence-corrected chi connectivity index (χ2v) is 6.49. The van der Waals surface area contributed by atoms with Crippen molar-refractivity contribution in [3.8, 4) is 5.75 Å². The Kier molecular flexibility index (Phi) is 4.01. The number of aryl methyl sites for hydroxylation is 1. The summed E-state index contributed by atoms with van der Waals surface area (Å²) in [5.41, 5.74) is 4.10. The molecule has 0 saturated heterocycles. The summed E-state index contributed by atoms with van der Waals surface area (Å²) in [6, 6.07) is 11.0. The quantitative estimate of drug-likeness (QED) is 0.799. The number of aliphatic hydroxyl groups is 1. The Bertz CT molecular complexity index is 994. The van der Waals surface area contributed by atoms with Crippen LogP contribution >= 0.6 is 0 Å². The zero-order valence-corrected chi connectivity index (χ0v) is 14.1. The van der Waals surface area contributed by atoms with Gasteiger partial charge < -0.3 is 9.84 Å². The molecule has 5 nitrogen and oxygen atoms in total. The molecule has 25 heavy (non-hydrogen) atoms. The fourth-order valence-corrected chi connectivity index (χ4v) is 3.46. The predicted octanol–water partition coefficient (Wildman–Crippen LogP) is 2.95. The average molecular weight is 336 g/mol. The Labute approximate surface area is 145 Å². The van der Waals surface area contributed by atoms with Gasteiger partial charge in [-0.25, -0.2) is 4.98 Å². The highest BCUT2D eigenvalue weighted by atomic mass is 16.5. The molecule has 0 radical (unpaired) electrons. The molecular formula is C20H20N2O3. The van der Waals surface area contributed by atoms with Gasteiger partial charge in [0.15, 0.2) is 0 Å². The molecule has 1 atom stereocenters. The molecule has 3 aromatic rings. The van der Waals surface area contributed by atoms with Crippen molar-refractivity contribution in [3.63, 3.8) is 0 Å². The van der Waals surface area contributed by atoms with Crippen LogP contribution in [0.3, 0.4) is 0 Å². The Balaban J connectivity index is 1.64. The van der Waals surface area contributed by atoms with Gasteiger partial charge in [-0.3, -0.25) is 9.20 Å². The van der Waals surface area contributed by atoms with Gasteiger partial charge in [-0.2, -0.15) is 0 Å². The zero-order valence-electron chi connectivity index (χ0n) is 14.1.